The van der Waals surface area contributed by atoms with E-state index in [-0.39, 0.29) is 16.7 Å². The second-order valence-corrected chi connectivity index (χ2v) is 6.97. The summed E-state index contributed by atoms with van der Waals surface area (Å²) in [5.74, 6) is 1.01. The average molecular weight is 413 g/mol. The molecule has 0 radical (unpaired) electrons. The van der Waals surface area contributed by atoms with E-state index in [1.165, 1.54) is 17.4 Å². The summed E-state index contributed by atoms with van der Waals surface area (Å²) in [6.07, 6.45) is 1.54. The van der Waals surface area contributed by atoms with Gasteiger partial charge in [0.1, 0.15) is 11.5 Å². The fourth-order valence-corrected chi connectivity index (χ4v) is 3.47. The van der Waals surface area contributed by atoms with Crippen molar-refractivity contribution < 1.29 is 19.0 Å². The van der Waals surface area contributed by atoms with Crippen LogP contribution in [0.25, 0.3) is 6.08 Å². The topological polar surface area (TPSA) is 70.0 Å². The molecule has 0 saturated heterocycles. The standard InChI is InChI=1S/C20H13ClN2O4S/c1-25-13-9-7-12(8-10-13)18-22-15(19(24)27-18)11-16-17(21)23-20(28-16)26-14-5-3-2-4-6-14/h2-11H,1H3/b15-11+. The summed E-state index contributed by atoms with van der Waals surface area (Å²) in [5.41, 5.74) is 0.809. The maximum atomic E-state index is 12.2. The Hall–Kier alpha value is -3.16. The number of benzene rings is 2. The third-order valence-corrected chi connectivity index (χ3v) is 5.04. The largest absolute Gasteiger partial charge is 0.497 e. The smallest absolute Gasteiger partial charge is 0.363 e. The first-order valence-corrected chi connectivity index (χ1v) is 9.38. The highest BCUT2D eigenvalue weighted by atomic mass is 35.5. The van der Waals surface area contributed by atoms with Gasteiger partial charge in [0.2, 0.25) is 5.90 Å². The normalized spacial score (nSPS) is 14.7. The summed E-state index contributed by atoms with van der Waals surface area (Å²) in [6.45, 7) is 0. The number of aliphatic imine (C=N–C) groups is 1. The molecular weight excluding hydrogens is 400 g/mol. The summed E-state index contributed by atoms with van der Waals surface area (Å²) in [6, 6.07) is 16.3. The van der Waals surface area contributed by atoms with Gasteiger partial charge in [0.25, 0.3) is 5.19 Å². The van der Waals surface area contributed by atoms with Crippen molar-refractivity contribution >= 4 is 40.9 Å². The molecule has 2 aromatic carbocycles. The number of halogens is 1. The summed E-state index contributed by atoms with van der Waals surface area (Å²) in [4.78, 5) is 21.2. The second-order valence-electron chi connectivity index (χ2n) is 5.61. The summed E-state index contributed by atoms with van der Waals surface area (Å²) < 4.78 is 16.1. The molecule has 28 heavy (non-hydrogen) atoms. The predicted molar refractivity (Wildman–Crippen MR) is 107 cm³/mol. The third-order valence-electron chi connectivity index (χ3n) is 3.76. The number of carbonyl (C=O) groups is 1. The number of esters is 1. The van der Waals surface area contributed by atoms with E-state index in [0.29, 0.717) is 27.1 Å². The van der Waals surface area contributed by atoms with Crippen molar-refractivity contribution in [2.45, 2.75) is 0 Å². The number of hydrogen-bond acceptors (Lipinski definition) is 7. The molecule has 0 fully saturated rings. The van der Waals surface area contributed by atoms with Gasteiger partial charge in [-0.1, -0.05) is 41.1 Å². The number of thiazole rings is 1. The fourth-order valence-electron chi connectivity index (χ4n) is 2.41. The van der Waals surface area contributed by atoms with Crippen molar-refractivity contribution in [1.29, 1.82) is 0 Å². The number of carbonyl (C=O) groups excluding carboxylic acids is 1. The molecule has 3 aromatic rings. The highest BCUT2D eigenvalue weighted by Gasteiger charge is 2.25. The zero-order valence-corrected chi connectivity index (χ0v) is 16.2. The molecule has 1 aromatic heterocycles. The van der Waals surface area contributed by atoms with E-state index in [2.05, 4.69) is 9.98 Å². The van der Waals surface area contributed by atoms with Crippen LogP contribution in [0.2, 0.25) is 5.15 Å². The minimum Gasteiger partial charge on any atom is -0.497 e. The summed E-state index contributed by atoms with van der Waals surface area (Å²) in [5, 5.41) is 0.595. The maximum absolute atomic E-state index is 12.2. The van der Waals surface area contributed by atoms with Gasteiger partial charge < -0.3 is 14.2 Å². The van der Waals surface area contributed by atoms with Gasteiger partial charge in [0, 0.05) is 5.56 Å². The Morgan fingerprint density at radius 3 is 2.54 bits per heavy atom. The molecule has 0 aliphatic carbocycles. The van der Waals surface area contributed by atoms with Crippen LogP contribution in [0.3, 0.4) is 0 Å². The van der Waals surface area contributed by atoms with Crippen molar-refractivity contribution in [3.05, 3.63) is 75.9 Å². The van der Waals surface area contributed by atoms with Crippen molar-refractivity contribution in [1.82, 2.24) is 4.98 Å². The van der Waals surface area contributed by atoms with Crippen molar-refractivity contribution in [3.63, 3.8) is 0 Å². The van der Waals surface area contributed by atoms with Crippen LogP contribution >= 0.6 is 22.9 Å². The summed E-state index contributed by atoms with van der Waals surface area (Å²) >= 11 is 7.39. The summed E-state index contributed by atoms with van der Waals surface area (Å²) in [7, 11) is 1.58. The van der Waals surface area contributed by atoms with Crippen LogP contribution in [0.4, 0.5) is 0 Å². The lowest BCUT2D eigenvalue weighted by Crippen LogP contribution is -2.05. The molecule has 4 rings (SSSR count). The molecule has 0 N–H and O–H groups in total. The second kappa shape index (κ2) is 7.84. The van der Waals surface area contributed by atoms with Gasteiger partial charge in [-0.15, -0.1) is 0 Å². The Kier molecular flexibility index (Phi) is 5.10. The lowest BCUT2D eigenvalue weighted by atomic mass is 10.2. The molecule has 8 heteroatoms. The van der Waals surface area contributed by atoms with Gasteiger partial charge in [-0.05, 0) is 42.5 Å². The van der Waals surface area contributed by atoms with E-state index in [1.807, 2.05) is 30.3 Å². The molecule has 0 bridgehead atoms. The Bertz CT molecular complexity index is 1080. The molecule has 6 nitrogen and oxygen atoms in total. The zero-order valence-electron chi connectivity index (χ0n) is 14.6. The zero-order chi connectivity index (χ0) is 19.5. The monoisotopic (exact) mass is 412 g/mol. The van der Waals surface area contributed by atoms with E-state index in [0.717, 1.165) is 0 Å². The Morgan fingerprint density at radius 1 is 1.07 bits per heavy atom. The molecule has 2 heterocycles. The molecule has 0 unspecified atom stereocenters. The van der Waals surface area contributed by atoms with Crippen LogP contribution in [-0.4, -0.2) is 24.0 Å². The van der Waals surface area contributed by atoms with Gasteiger partial charge in [-0.2, -0.15) is 4.98 Å². The number of ether oxygens (including phenoxy) is 3. The van der Waals surface area contributed by atoms with Crippen molar-refractivity contribution in [2.24, 2.45) is 4.99 Å². The molecule has 0 amide bonds. The van der Waals surface area contributed by atoms with E-state index in [9.17, 15) is 4.79 Å². The molecule has 1 aliphatic heterocycles. The molecule has 1 aliphatic rings. The number of methoxy groups -OCH3 is 1. The van der Waals surface area contributed by atoms with Gasteiger partial charge in [0.15, 0.2) is 10.9 Å². The Balaban J connectivity index is 1.57. The van der Waals surface area contributed by atoms with Gasteiger partial charge in [-0.25, -0.2) is 9.79 Å². The highest BCUT2D eigenvalue weighted by Crippen LogP contribution is 2.34. The van der Waals surface area contributed by atoms with Crippen LogP contribution in [0.1, 0.15) is 10.4 Å². The first-order valence-electron chi connectivity index (χ1n) is 8.18. The number of nitrogens with zero attached hydrogens (tertiary/aromatic N) is 2. The predicted octanol–water partition coefficient (Wildman–Crippen LogP) is 4.94. The number of rotatable bonds is 5. The first-order chi connectivity index (χ1) is 13.6. The van der Waals surface area contributed by atoms with Crippen LogP contribution in [0.5, 0.6) is 16.7 Å². The van der Waals surface area contributed by atoms with Crippen LogP contribution in [0.15, 0.2) is 65.3 Å². The van der Waals surface area contributed by atoms with Crippen LogP contribution < -0.4 is 9.47 Å². The maximum Gasteiger partial charge on any atom is 0.363 e. The Morgan fingerprint density at radius 2 is 1.82 bits per heavy atom. The molecule has 0 atom stereocenters. The molecular formula is C20H13ClN2O4S. The van der Waals surface area contributed by atoms with Crippen LogP contribution in [0, 0.1) is 0 Å². The van der Waals surface area contributed by atoms with Gasteiger partial charge >= 0.3 is 5.97 Å². The minimum absolute atomic E-state index is 0.141. The van der Waals surface area contributed by atoms with Gasteiger partial charge in [-0.3, -0.25) is 0 Å². The number of para-hydroxylation sites is 1. The average Bonchev–Trinajstić information content (AvgIpc) is 3.25. The lowest BCUT2D eigenvalue weighted by molar-refractivity contribution is -0.129. The van der Waals surface area contributed by atoms with Crippen LogP contribution in [-0.2, 0) is 9.53 Å². The molecule has 0 saturated carbocycles. The van der Waals surface area contributed by atoms with E-state index >= 15 is 0 Å². The number of aromatic nitrogens is 1. The van der Waals surface area contributed by atoms with E-state index in [1.54, 1.807) is 31.4 Å². The van der Waals surface area contributed by atoms with Crippen molar-refractivity contribution in [3.8, 4) is 16.7 Å². The van der Waals surface area contributed by atoms with E-state index < -0.39 is 5.97 Å². The lowest BCUT2D eigenvalue weighted by Gasteiger charge is -2.01. The van der Waals surface area contributed by atoms with Gasteiger partial charge in [0.05, 0.1) is 12.0 Å². The minimum atomic E-state index is -0.555. The number of hydrogen-bond donors (Lipinski definition) is 0. The third kappa shape index (κ3) is 3.90. The van der Waals surface area contributed by atoms with E-state index in [4.69, 9.17) is 25.8 Å². The number of cyclic esters (lactones) is 1. The molecule has 140 valence electrons. The highest BCUT2D eigenvalue weighted by molar-refractivity contribution is 7.14. The molecule has 0 spiro atoms. The first kappa shape index (κ1) is 18.2. The SMILES string of the molecule is COc1ccc(C2=N/C(=C/c3sc(Oc4ccccc4)nc3Cl)C(=O)O2)cc1. The fraction of sp³-hybridized carbons (Fsp3) is 0.0500. The van der Waals surface area contributed by atoms with Crippen molar-refractivity contribution in [2.75, 3.05) is 7.11 Å². The quantitative estimate of drug-likeness (QED) is 0.438. The Labute approximate surface area is 169 Å².